The number of hydrogen-bond acceptors (Lipinski definition) is 3. The molecule has 0 aliphatic rings. The molecule has 0 spiro atoms. The van der Waals surface area contributed by atoms with E-state index in [9.17, 15) is 10.1 Å². The van der Waals surface area contributed by atoms with Crippen LogP contribution in [0.1, 0.15) is 0 Å². The molecule has 60 valence electrons. The van der Waals surface area contributed by atoms with Crippen LogP contribution in [0.25, 0.3) is 10.9 Å². The predicted molar refractivity (Wildman–Crippen MR) is 41.7 cm³/mol. The van der Waals surface area contributed by atoms with Gasteiger partial charge in [-0.05, 0) is 5.39 Å². The Kier molecular flexibility index (Phi) is 1.30. The van der Waals surface area contributed by atoms with Gasteiger partial charge in [0.2, 0.25) is 0 Å². The van der Waals surface area contributed by atoms with E-state index in [0.29, 0.717) is 10.9 Å². The lowest BCUT2D eigenvalue weighted by atomic mass is 10.2. The number of nitrogens with zero attached hydrogens (tertiary/aromatic N) is 3. The number of hydrogen-bond donors (Lipinski definition) is 0. The minimum atomic E-state index is -0.461. The summed E-state index contributed by atoms with van der Waals surface area (Å²) >= 11 is 0. The van der Waals surface area contributed by atoms with Crippen molar-refractivity contribution in [3.8, 4) is 0 Å². The molecule has 1 aromatic carbocycles. The van der Waals surface area contributed by atoms with Gasteiger partial charge in [0.25, 0.3) is 5.69 Å². The minimum absolute atomic E-state index is 0.00463. The summed E-state index contributed by atoms with van der Waals surface area (Å²) < 4.78 is 0. The molecule has 0 atom stereocenters. The van der Waals surface area contributed by atoms with Crippen LogP contribution >= 0.6 is 0 Å². The third-order valence-corrected chi connectivity index (χ3v) is 1.60. The van der Waals surface area contributed by atoms with Crippen LogP contribution in [0, 0.1) is 10.1 Å². The largest absolute Gasteiger partial charge is 0.581 e. The Bertz CT molecular complexity index is 435. The molecule has 0 unspecified atom stereocenters. The zero-order valence-electron chi connectivity index (χ0n) is 5.97. The van der Waals surface area contributed by atoms with Gasteiger partial charge in [0, 0.05) is 6.07 Å². The SMILES string of the molecule is O=[N+]([O-])c1cccc2c[n-]nc12. The van der Waals surface area contributed by atoms with Crippen molar-refractivity contribution in [2.24, 2.45) is 0 Å². The number of benzene rings is 1. The third-order valence-electron chi connectivity index (χ3n) is 1.60. The molecule has 0 fully saturated rings. The maximum atomic E-state index is 10.5. The summed E-state index contributed by atoms with van der Waals surface area (Å²) in [6.07, 6.45) is 1.50. The first-order valence-electron chi connectivity index (χ1n) is 3.30. The second-order valence-electron chi connectivity index (χ2n) is 2.32. The van der Waals surface area contributed by atoms with Crippen molar-refractivity contribution >= 4 is 16.6 Å². The predicted octanol–water partition coefficient (Wildman–Crippen LogP) is 1.10. The lowest BCUT2D eigenvalue weighted by Gasteiger charge is -1.92. The molecule has 5 nitrogen and oxygen atoms in total. The fraction of sp³-hybridized carbons (Fsp3) is 0. The fourth-order valence-corrected chi connectivity index (χ4v) is 1.06. The Morgan fingerprint density at radius 1 is 1.50 bits per heavy atom. The average Bonchev–Trinajstić information content (AvgIpc) is 2.49. The van der Waals surface area contributed by atoms with Crippen LogP contribution in [-0.4, -0.2) is 10.0 Å². The van der Waals surface area contributed by atoms with Gasteiger partial charge in [-0.3, -0.25) is 10.1 Å². The molecule has 0 bridgehead atoms. The quantitative estimate of drug-likeness (QED) is 0.465. The molecule has 2 aromatic rings. The van der Waals surface area contributed by atoms with Crippen molar-refractivity contribution < 1.29 is 4.92 Å². The lowest BCUT2D eigenvalue weighted by Crippen LogP contribution is -1.88. The number of nitro groups is 1. The Labute approximate surface area is 67.2 Å². The van der Waals surface area contributed by atoms with Crippen LogP contribution in [0.3, 0.4) is 0 Å². The minimum Gasteiger partial charge on any atom is -0.581 e. The zero-order valence-corrected chi connectivity index (χ0v) is 5.97. The molecular weight excluding hydrogens is 158 g/mol. The summed E-state index contributed by atoms with van der Waals surface area (Å²) in [5, 5.41) is 18.4. The molecule has 0 radical (unpaired) electrons. The van der Waals surface area contributed by atoms with E-state index in [2.05, 4.69) is 10.2 Å². The highest BCUT2D eigenvalue weighted by atomic mass is 16.6. The number of fused-ring (bicyclic) bond motifs is 1. The summed E-state index contributed by atoms with van der Waals surface area (Å²) in [7, 11) is 0. The summed E-state index contributed by atoms with van der Waals surface area (Å²) in [4.78, 5) is 9.99. The van der Waals surface area contributed by atoms with Crippen molar-refractivity contribution in [3.63, 3.8) is 0 Å². The Morgan fingerprint density at radius 3 is 3.08 bits per heavy atom. The average molecular weight is 162 g/mol. The molecule has 0 saturated heterocycles. The fourth-order valence-electron chi connectivity index (χ4n) is 1.06. The number of non-ortho nitro benzene ring substituents is 1. The molecule has 1 heterocycles. The Morgan fingerprint density at radius 2 is 2.33 bits per heavy atom. The summed E-state index contributed by atoms with van der Waals surface area (Å²) in [5.74, 6) is 0. The molecule has 0 saturated carbocycles. The molecule has 0 amide bonds. The van der Waals surface area contributed by atoms with Gasteiger partial charge in [0.05, 0.1) is 4.92 Å². The second-order valence-corrected chi connectivity index (χ2v) is 2.32. The van der Waals surface area contributed by atoms with Crippen LogP contribution in [-0.2, 0) is 0 Å². The summed E-state index contributed by atoms with van der Waals surface area (Å²) in [5.41, 5.74) is 0.354. The van der Waals surface area contributed by atoms with Crippen molar-refractivity contribution in [2.75, 3.05) is 0 Å². The van der Waals surface area contributed by atoms with E-state index >= 15 is 0 Å². The van der Waals surface area contributed by atoms with Gasteiger partial charge >= 0.3 is 0 Å². The number of rotatable bonds is 1. The first-order chi connectivity index (χ1) is 5.79. The van der Waals surface area contributed by atoms with Gasteiger partial charge in [0.1, 0.15) is 5.52 Å². The maximum Gasteiger partial charge on any atom is 0.293 e. The summed E-state index contributed by atoms with van der Waals surface area (Å²) in [6.45, 7) is 0. The Hall–Kier alpha value is -1.91. The molecule has 0 aliphatic carbocycles. The zero-order chi connectivity index (χ0) is 8.55. The Balaban J connectivity index is 2.82. The van der Waals surface area contributed by atoms with Gasteiger partial charge in [-0.1, -0.05) is 12.1 Å². The molecule has 12 heavy (non-hydrogen) atoms. The van der Waals surface area contributed by atoms with Gasteiger partial charge in [-0.25, -0.2) is 0 Å². The van der Waals surface area contributed by atoms with Crippen LogP contribution in [0.2, 0.25) is 0 Å². The van der Waals surface area contributed by atoms with E-state index in [1.54, 1.807) is 12.1 Å². The van der Waals surface area contributed by atoms with E-state index in [4.69, 9.17) is 0 Å². The maximum absolute atomic E-state index is 10.5. The molecular formula is C7H4N3O2-. The lowest BCUT2D eigenvalue weighted by molar-refractivity contribution is -0.383. The normalized spacial score (nSPS) is 10.3. The third kappa shape index (κ3) is 0.833. The highest BCUT2D eigenvalue weighted by Crippen LogP contribution is 2.21. The summed E-state index contributed by atoms with van der Waals surface area (Å²) in [6, 6.07) is 4.77. The van der Waals surface area contributed by atoms with Gasteiger partial charge < -0.3 is 10.2 Å². The molecule has 0 aliphatic heterocycles. The van der Waals surface area contributed by atoms with E-state index in [0.717, 1.165) is 0 Å². The molecule has 1 aromatic heterocycles. The van der Waals surface area contributed by atoms with Crippen LogP contribution < -0.4 is 5.10 Å². The van der Waals surface area contributed by atoms with Gasteiger partial charge in [-0.15, -0.1) is 0 Å². The first-order valence-corrected chi connectivity index (χ1v) is 3.30. The van der Waals surface area contributed by atoms with Gasteiger partial charge in [0.15, 0.2) is 0 Å². The number of nitro benzene ring substituents is 1. The monoisotopic (exact) mass is 162 g/mol. The van der Waals surface area contributed by atoms with Gasteiger partial charge in [-0.2, -0.15) is 6.20 Å². The topological polar surface area (TPSA) is 70.1 Å². The molecule has 0 N–H and O–H groups in total. The van der Waals surface area contributed by atoms with Crippen molar-refractivity contribution in [2.45, 2.75) is 0 Å². The van der Waals surface area contributed by atoms with Crippen molar-refractivity contribution in [1.29, 1.82) is 0 Å². The van der Waals surface area contributed by atoms with Crippen LogP contribution in [0.15, 0.2) is 24.4 Å². The first kappa shape index (κ1) is 6.78. The van der Waals surface area contributed by atoms with Crippen molar-refractivity contribution in [1.82, 2.24) is 10.2 Å². The number of aromatic nitrogens is 2. The highest BCUT2D eigenvalue weighted by Gasteiger charge is 2.09. The van der Waals surface area contributed by atoms with E-state index in [1.807, 2.05) is 0 Å². The van der Waals surface area contributed by atoms with E-state index in [1.165, 1.54) is 12.3 Å². The highest BCUT2D eigenvalue weighted by molar-refractivity contribution is 5.86. The van der Waals surface area contributed by atoms with E-state index < -0.39 is 4.92 Å². The van der Waals surface area contributed by atoms with Crippen LogP contribution in [0.5, 0.6) is 0 Å². The second kappa shape index (κ2) is 2.30. The molecule has 2 rings (SSSR count). The smallest absolute Gasteiger partial charge is 0.293 e. The van der Waals surface area contributed by atoms with Crippen molar-refractivity contribution in [3.05, 3.63) is 34.5 Å². The van der Waals surface area contributed by atoms with E-state index in [-0.39, 0.29) is 5.69 Å². The standard InChI is InChI=1S/C7H4N3O2/c11-10(12)6-3-1-2-5-4-8-9-7(5)6/h1-4H/q-1. The molecule has 5 heteroatoms. The van der Waals surface area contributed by atoms with Crippen LogP contribution in [0.4, 0.5) is 5.69 Å².